The van der Waals surface area contributed by atoms with Gasteiger partial charge in [0.1, 0.15) is 0 Å². The average molecular weight is 250 g/mol. The fourth-order valence-corrected chi connectivity index (χ4v) is 3.40. The molecule has 0 amide bonds. The number of benzene rings is 1. The highest BCUT2D eigenvalue weighted by atomic mass is 32.9. The predicted octanol–water partition coefficient (Wildman–Crippen LogP) is 4.13. The molecule has 0 aliphatic carbocycles. The molecule has 0 saturated heterocycles. The van der Waals surface area contributed by atoms with Gasteiger partial charge in [-0.15, -0.1) is 0 Å². The molecule has 1 aromatic heterocycles. The standard InChI is InChI=1S/C13H14OS2/c1-13(2,3)10-6-4-9(5-7-10)11-8-12(14)16-15-11/h4-8H,1-3H3. The topological polar surface area (TPSA) is 17.1 Å². The maximum Gasteiger partial charge on any atom is 0.243 e. The van der Waals surface area contributed by atoms with Crippen molar-refractivity contribution < 1.29 is 0 Å². The van der Waals surface area contributed by atoms with Gasteiger partial charge in [0.15, 0.2) is 0 Å². The summed E-state index contributed by atoms with van der Waals surface area (Å²) in [6, 6.07) is 10.2. The van der Waals surface area contributed by atoms with Crippen molar-refractivity contribution in [3.63, 3.8) is 0 Å². The van der Waals surface area contributed by atoms with Crippen LogP contribution in [0.2, 0.25) is 0 Å². The van der Waals surface area contributed by atoms with Crippen LogP contribution in [0.1, 0.15) is 26.3 Å². The predicted molar refractivity (Wildman–Crippen MR) is 72.6 cm³/mol. The summed E-state index contributed by atoms with van der Waals surface area (Å²) in [5.41, 5.74) is 2.63. The Kier molecular flexibility index (Phi) is 3.00. The van der Waals surface area contributed by atoms with Crippen LogP contribution in [-0.2, 0) is 5.41 Å². The maximum absolute atomic E-state index is 11.1. The molecule has 2 aromatic rings. The highest BCUT2D eigenvalue weighted by Crippen LogP contribution is 2.28. The molecule has 3 heteroatoms. The maximum atomic E-state index is 11.1. The van der Waals surface area contributed by atoms with E-state index in [2.05, 4.69) is 45.0 Å². The fourth-order valence-electron chi connectivity index (χ4n) is 1.51. The second kappa shape index (κ2) is 4.15. The fraction of sp³-hybridized carbons (Fsp3) is 0.308. The van der Waals surface area contributed by atoms with E-state index in [0.29, 0.717) is 0 Å². The third-order valence-corrected chi connectivity index (χ3v) is 4.68. The Balaban J connectivity index is 2.36. The van der Waals surface area contributed by atoms with Crippen molar-refractivity contribution in [1.29, 1.82) is 0 Å². The van der Waals surface area contributed by atoms with Crippen LogP contribution in [0.5, 0.6) is 0 Å². The van der Waals surface area contributed by atoms with E-state index in [9.17, 15) is 4.79 Å². The molecule has 16 heavy (non-hydrogen) atoms. The highest BCUT2D eigenvalue weighted by Gasteiger charge is 2.13. The lowest BCUT2D eigenvalue weighted by molar-refractivity contribution is 0.590. The van der Waals surface area contributed by atoms with Crippen LogP contribution < -0.4 is 4.74 Å². The van der Waals surface area contributed by atoms with Gasteiger partial charge in [-0.3, -0.25) is 4.79 Å². The molecular formula is C13H14OS2. The Morgan fingerprint density at radius 1 is 1.00 bits per heavy atom. The molecule has 0 spiro atoms. The normalized spacial score (nSPS) is 11.7. The van der Waals surface area contributed by atoms with Crippen LogP contribution in [0.3, 0.4) is 0 Å². The van der Waals surface area contributed by atoms with Gasteiger partial charge in [-0.2, -0.15) is 0 Å². The van der Waals surface area contributed by atoms with Crippen molar-refractivity contribution in [1.82, 2.24) is 0 Å². The van der Waals surface area contributed by atoms with E-state index >= 15 is 0 Å². The largest absolute Gasteiger partial charge is 0.277 e. The zero-order valence-corrected chi connectivity index (χ0v) is 11.2. The van der Waals surface area contributed by atoms with E-state index in [1.807, 2.05) is 0 Å². The van der Waals surface area contributed by atoms with E-state index in [1.165, 1.54) is 15.9 Å². The summed E-state index contributed by atoms with van der Waals surface area (Å²) in [7, 11) is 2.84. The quantitative estimate of drug-likeness (QED) is 0.695. The Morgan fingerprint density at radius 2 is 1.62 bits per heavy atom. The zero-order valence-electron chi connectivity index (χ0n) is 9.61. The van der Waals surface area contributed by atoms with Crippen LogP contribution in [-0.4, -0.2) is 0 Å². The van der Waals surface area contributed by atoms with Crippen molar-refractivity contribution >= 4 is 20.7 Å². The first kappa shape index (κ1) is 11.6. The van der Waals surface area contributed by atoms with Crippen molar-refractivity contribution in [2.75, 3.05) is 0 Å². The minimum atomic E-state index is 0.139. The summed E-state index contributed by atoms with van der Waals surface area (Å²) in [6.07, 6.45) is 0. The first-order valence-corrected chi connectivity index (χ1v) is 7.33. The van der Waals surface area contributed by atoms with Crippen LogP contribution in [0.25, 0.3) is 10.4 Å². The second-order valence-electron chi connectivity index (χ2n) is 4.82. The Hall–Kier alpha value is -0.930. The third kappa shape index (κ3) is 2.42. The molecule has 84 valence electrons. The van der Waals surface area contributed by atoms with E-state index in [0.717, 1.165) is 10.4 Å². The Labute approximate surface area is 103 Å². The van der Waals surface area contributed by atoms with E-state index in [4.69, 9.17) is 0 Å². The molecule has 2 rings (SSSR count). The van der Waals surface area contributed by atoms with Crippen molar-refractivity contribution in [2.45, 2.75) is 26.2 Å². The molecule has 0 N–H and O–H groups in total. The van der Waals surface area contributed by atoms with Gasteiger partial charge in [0, 0.05) is 10.9 Å². The molecule has 0 unspecified atom stereocenters. The summed E-state index contributed by atoms with van der Waals surface area (Å²) >= 11 is 0. The summed E-state index contributed by atoms with van der Waals surface area (Å²) in [6.45, 7) is 6.60. The smallest absolute Gasteiger partial charge is 0.243 e. The summed E-state index contributed by atoms with van der Waals surface area (Å²) in [4.78, 5) is 12.2. The van der Waals surface area contributed by atoms with Crippen molar-refractivity contribution in [3.8, 4) is 10.4 Å². The van der Waals surface area contributed by atoms with Crippen molar-refractivity contribution in [3.05, 3.63) is 45.4 Å². The molecule has 0 radical (unpaired) electrons. The van der Waals surface area contributed by atoms with Gasteiger partial charge in [-0.1, -0.05) is 55.4 Å². The van der Waals surface area contributed by atoms with Gasteiger partial charge < -0.3 is 0 Å². The lowest BCUT2D eigenvalue weighted by Crippen LogP contribution is -2.10. The van der Waals surface area contributed by atoms with Gasteiger partial charge in [0.2, 0.25) is 4.74 Å². The first-order chi connectivity index (χ1) is 7.47. The molecule has 0 saturated carbocycles. The lowest BCUT2D eigenvalue weighted by atomic mass is 9.86. The number of rotatable bonds is 1. The molecule has 0 fully saturated rings. The lowest BCUT2D eigenvalue weighted by Gasteiger charge is -2.18. The highest BCUT2D eigenvalue weighted by molar-refractivity contribution is 7.69. The Morgan fingerprint density at radius 3 is 2.06 bits per heavy atom. The number of hydrogen-bond donors (Lipinski definition) is 0. The summed E-state index contributed by atoms with van der Waals surface area (Å²) < 4.78 is 0.139. The molecular weight excluding hydrogens is 236 g/mol. The monoisotopic (exact) mass is 250 g/mol. The molecule has 0 aliphatic heterocycles. The molecule has 1 nitrogen and oxygen atoms in total. The van der Waals surface area contributed by atoms with Gasteiger partial charge in [-0.05, 0) is 26.9 Å². The van der Waals surface area contributed by atoms with Gasteiger partial charge >= 0.3 is 0 Å². The number of hydrogen-bond acceptors (Lipinski definition) is 3. The van der Waals surface area contributed by atoms with E-state index in [-0.39, 0.29) is 10.2 Å². The van der Waals surface area contributed by atoms with Gasteiger partial charge in [-0.25, -0.2) is 0 Å². The molecule has 1 heterocycles. The van der Waals surface area contributed by atoms with Crippen LogP contribution in [0.4, 0.5) is 0 Å². The zero-order chi connectivity index (χ0) is 11.8. The minimum absolute atomic E-state index is 0.139. The van der Waals surface area contributed by atoms with E-state index < -0.39 is 0 Å². The Bertz CT molecular complexity index is 526. The van der Waals surface area contributed by atoms with Gasteiger partial charge in [0.05, 0.1) is 0 Å². The van der Waals surface area contributed by atoms with E-state index in [1.54, 1.807) is 16.4 Å². The van der Waals surface area contributed by atoms with Crippen molar-refractivity contribution in [2.24, 2.45) is 0 Å². The van der Waals surface area contributed by atoms with Crippen LogP contribution >= 0.6 is 20.7 Å². The summed E-state index contributed by atoms with van der Waals surface area (Å²) in [5.74, 6) is 0. The molecule has 0 atom stereocenters. The first-order valence-electron chi connectivity index (χ1n) is 5.18. The average Bonchev–Trinajstić information content (AvgIpc) is 2.64. The minimum Gasteiger partial charge on any atom is -0.277 e. The van der Waals surface area contributed by atoms with Crippen LogP contribution in [0.15, 0.2) is 35.1 Å². The summed E-state index contributed by atoms with van der Waals surface area (Å²) in [5, 5.41) is 0. The molecule has 0 bridgehead atoms. The SMILES string of the molecule is CC(C)(C)c1ccc(-c2cc(=O)ss2)cc1. The molecule has 0 aliphatic rings. The third-order valence-electron chi connectivity index (χ3n) is 2.50. The molecule has 1 aromatic carbocycles. The van der Waals surface area contributed by atoms with Gasteiger partial charge in [0.25, 0.3) is 0 Å². The van der Waals surface area contributed by atoms with Crippen LogP contribution in [0, 0.1) is 0 Å². The second-order valence-corrected chi connectivity index (χ2v) is 7.00.